The lowest BCUT2D eigenvalue weighted by Crippen LogP contribution is -1.99. The molecule has 0 aliphatic carbocycles. The summed E-state index contributed by atoms with van der Waals surface area (Å²) in [6.45, 7) is 0. The van der Waals surface area contributed by atoms with Crippen LogP contribution in [-0.4, -0.2) is 13.0 Å². The molecular weight excluding hydrogens is 330 g/mol. The number of benzene rings is 1. The molecule has 1 N–H and O–H groups in total. The molecule has 72 valence electrons. The summed E-state index contributed by atoms with van der Waals surface area (Å²) in [6.07, 6.45) is 0. The highest BCUT2D eigenvalue weighted by Gasteiger charge is 2.16. The van der Waals surface area contributed by atoms with Crippen LogP contribution < -0.4 is 3.07 Å². The average molecular weight is 335 g/mol. The van der Waals surface area contributed by atoms with Crippen molar-refractivity contribution in [3.63, 3.8) is 0 Å². The maximum Gasteiger partial charge on any atom is 0.298 e. The molecule has 1 rings (SSSR count). The van der Waals surface area contributed by atoms with Crippen molar-refractivity contribution in [1.82, 2.24) is 0 Å². The van der Waals surface area contributed by atoms with E-state index >= 15 is 0 Å². The first-order valence-corrected chi connectivity index (χ1v) is 5.70. The molecule has 0 radical (unpaired) electrons. The fourth-order valence-electron chi connectivity index (χ4n) is 0.747. The zero-order valence-corrected chi connectivity index (χ0v) is 9.80. The van der Waals surface area contributed by atoms with Gasteiger partial charge >= 0.3 is 0 Å². The second kappa shape index (κ2) is 3.99. The van der Waals surface area contributed by atoms with E-state index in [0.29, 0.717) is 0 Å². The van der Waals surface area contributed by atoms with Crippen LogP contribution in [0.3, 0.4) is 0 Å². The molecule has 0 saturated heterocycles. The van der Waals surface area contributed by atoms with Crippen LogP contribution in [-0.2, 0) is 10.1 Å². The van der Waals surface area contributed by atoms with Crippen LogP contribution >= 0.6 is 34.6 Å². The van der Waals surface area contributed by atoms with Crippen LogP contribution in [0.4, 0.5) is 0 Å². The van der Waals surface area contributed by atoms with Gasteiger partial charge in [-0.1, -0.05) is 11.6 Å². The van der Waals surface area contributed by atoms with Gasteiger partial charge in [0, 0.05) is 5.02 Å². The minimum Gasteiger partial charge on any atom is -0.426 e. The Hall–Kier alpha value is -0.0500. The van der Waals surface area contributed by atoms with Crippen LogP contribution in [0.25, 0.3) is 0 Å². The number of halogens is 2. The van der Waals surface area contributed by atoms with Gasteiger partial charge in [0.1, 0.15) is 4.90 Å². The van der Waals surface area contributed by atoms with E-state index in [-0.39, 0.29) is 15.7 Å². The third-order valence-electron chi connectivity index (χ3n) is 1.27. The summed E-state index contributed by atoms with van der Waals surface area (Å²) in [5, 5.41) is 0.213. The van der Waals surface area contributed by atoms with Crippen LogP contribution in [0.2, 0.25) is 5.02 Å². The zero-order chi connectivity index (χ0) is 10.1. The van der Waals surface area contributed by atoms with Gasteiger partial charge in [0.05, 0.1) is 0 Å². The number of hydrogen-bond donors (Lipinski definition) is 1. The summed E-state index contributed by atoms with van der Waals surface area (Å²) in [4.78, 5) is -0.339. The second-order valence-corrected chi connectivity index (χ2v) is 4.41. The molecule has 0 fully saturated rings. The van der Waals surface area contributed by atoms with Crippen molar-refractivity contribution in [3.8, 4) is 5.75 Å². The van der Waals surface area contributed by atoms with Crippen LogP contribution in [0, 0.1) is 0 Å². The predicted molar refractivity (Wildman–Crippen MR) is 55.9 cm³/mol. The summed E-state index contributed by atoms with van der Waals surface area (Å²) in [5.74, 6) is 0.0486. The van der Waals surface area contributed by atoms with Crippen molar-refractivity contribution in [2.45, 2.75) is 4.90 Å². The van der Waals surface area contributed by atoms with Crippen LogP contribution in [0.5, 0.6) is 5.75 Å². The minimum atomic E-state index is -4.28. The maximum atomic E-state index is 10.8. The molecule has 0 unspecified atom stereocenters. The van der Waals surface area contributed by atoms with Crippen molar-refractivity contribution in [2.75, 3.05) is 0 Å². The molecule has 0 saturated carbocycles. The lowest BCUT2D eigenvalue weighted by atomic mass is 10.3. The third-order valence-corrected chi connectivity index (χ3v) is 2.85. The Kier molecular flexibility index (Phi) is 3.38. The van der Waals surface area contributed by atoms with E-state index in [1.165, 1.54) is 35.1 Å². The average Bonchev–Trinajstić information content (AvgIpc) is 2.03. The van der Waals surface area contributed by atoms with Crippen molar-refractivity contribution in [1.29, 1.82) is 0 Å². The van der Waals surface area contributed by atoms with Crippen LogP contribution in [0.15, 0.2) is 23.1 Å². The molecule has 0 bridgehead atoms. The fraction of sp³-hybridized carbons (Fsp3) is 0. The Morgan fingerprint density at radius 3 is 2.54 bits per heavy atom. The molecule has 0 atom stereocenters. The van der Waals surface area contributed by atoms with Gasteiger partial charge < -0.3 is 3.07 Å². The SMILES string of the molecule is O=S(=O)(O)c1cc(Cl)ccc1OI. The van der Waals surface area contributed by atoms with Gasteiger partial charge in [-0.25, -0.2) is 0 Å². The van der Waals surface area contributed by atoms with Gasteiger partial charge in [-0.2, -0.15) is 8.42 Å². The second-order valence-electron chi connectivity index (χ2n) is 2.14. The maximum absolute atomic E-state index is 10.8. The van der Waals surface area contributed by atoms with Crippen molar-refractivity contribution in [2.24, 2.45) is 0 Å². The molecule has 0 aliphatic heterocycles. The first-order valence-electron chi connectivity index (χ1n) is 3.01. The largest absolute Gasteiger partial charge is 0.426 e. The molecule has 1 aromatic carbocycles. The van der Waals surface area contributed by atoms with Gasteiger partial charge in [-0.05, 0) is 18.2 Å². The molecule has 7 heteroatoms. The highest BCUT2D eigenvalue weighted by Crippen LogP contribution is 2.28. The van der Waals surface area contributed by atoms with Crippen LogP contribution in [0.1, 0.15) is 0 Å². The summed E-state index contributed by atoms with van der Waals surface area (Å²) < 4.78 is 35.0. The highest BCUT2D eigenvalue weighted by molar-refractivity contribution is 14.1. The van der Waals surface area contributed by atoms with Gasteiger partial charge in [0.25, 0.3) is 10.1 Å². The topological polar surface area (TPSA) is 63.6 Å². The number of hydrogen-bond acceptors (Lipinski definition) is 3. The van der Waals surface area contributed by atoms with Crippen molar-refractivity contribution < 1.29 is 16.0 Å². The molecular formula is C6H4ClIO4S. The van der Waals surface area contributed by atoms with Crippen molar-refractivity contribution >= 4 is 44.7 Å². The predicted octanol–water partition coefficient (Wildman–Crippen LogP) is 2.32. The molecule has 13 heavy (non-hydrogen) atoms. The molecule has 0 heterocycles. The molecule has 0 aromatic heterocycles. The van der Waals surface area contributed by atoms with Gasteiger partial charge in [-0.15, -0.1) is 0 Å². The summed E-state index contributed by atoms with van der Waals surface area (Å²) in [7, 11) is -4.28. The Morgan fingerprint density at radius 2 is 2.08 bits per heavy atom. The fourth-order valence-corrected chi connectivity index (χ4v) is 2.16. The molecule has 0 amide bonds. The van der Waals surface area contributed by atoms with E-state index in [4.69, 9.17) is 19.2 Å². The summed E-state index contributed by atoms with van der Waals surface area (Å²) >= 11 is 7.06. The quantitative estimate of drug-likeness (QED) is 0.666. The van der Waals surface area contributed by atoms with Gasteiger partial charge in [0.2, 0.25) is 0 Å². The van der Waals surface area contributed by atoms with E-state index in [2.05, 4.69) is 0 Å². The normalized spacial score (nSPS) is 11.3. The summed E-state index contributed by atoms with van der Waals surface area (Å²) in [5.41, 5.74) is 0. The van der Waals surface area contributed by atoms with E-state index in [0.717, 1.165) is 6.07 Å². The van der Waals surface area contributed by atoms with Gasteiger partial charge in [-0.3, -0.25) is 4.55 Å². The van der Waals surface area contributed by atoms with E-state index in [9.17, 15) is 8.42 Å². The first kappa shape index (κ1) is 11.0. The van der Waals surface area contributed by atoms with E-state index in [1.54, 1.807) is 0 Å². The van der Waals surface area contributed by atoms with Crippen molar-refractivity contribution in [3.05, 3.63) is 23.2 Å². The zero-order valence-electron chi connectivity index (χ0n) is 6.07. The Labute approximate surface area is 94.3 Å². The molecule has 0 spiro atoms. The van der Waals surface area contributed by atoms with Gasteiger partial charge in [0.15, 0.2) is 28.8 Å². The lowest BCUT2D eigenvalue weighted by molar-refractivity contribution is 0.480. The molecule has 4 nitrogen and oxygen atoms in total. The highest BCUT2D eigenvalue weighted by atomic mass is 127. The standard InChI is InChI=1S/C6H4ClIO4S/c7-4-1-2-5(12-8)6(3-4)13(9,10)11/h1-3H,(H,9,10,11). The first-order chi connectivity index (χ1) is 5.95. The molecule has 0 aliphatic rings. The monoisotopic (exact) mass is 334 g/mol. The Morgan fingerprint density at radius 1 is 1.46 bits per heavy atom. The minimum absolute atomic E-state index is 0.0486. The molecule has 1 aromatic rings. The number of rotatable bonds is 2. The van der Waals surface area contributed by atoms with E-state index < -0.39 is 10.1 Å². The lowest BCUT2D eigenvalue weighted by Gasteiger charge is -2.03. The Bertz CT molecular complexity index is 417. The third kappa shape index (κ3) is 2.70. The van der Waals surface area contributed by atoms with E-state index in [1.807, 2.05) is 0 Å². The summed E-state index contributed by atoms with van der Waals surface area (Å²) in [6, 6.07) is 3.94. The smallest absolute Gasteiger partial charge is 0.298 e. The Balaban J connectivity index is 3.41.